The van der Waals surface area contributed by atoms with Crippen molar-refractivity contribution in [2.75, 3.05) is 39.8 Å². The average Bonchev–Trinajstić information content (AvgIpc) is 2.56. The van der Waals surface area contributed by atoms with Crippen LogP contribution in [0.5, 0.6) is 0 Å². The molecule has 1 fully saturated rings. The summed E-state index contributed by atoms with van der Waals surface area (Å²) in [6.45, 7) is 6.25. The fourth-order valence-corrected chi connectivity index (χ4v) is 4.46. The smallest absolute Gasteiger partial charge is 0.277 e. The van der Waals surface area contributed by atoms with Crippen molar-refractivity contribution in [3.05, 3.63) is 28.2 Å². The van der Waals surface area contributed by atoms with E-state index in [0.717, 1.165) is 4.90 Å². The second kappa shape index (κ2) is 8.22. The molecule has 0 unspecified atom stereocenters. The maximum atomic E-state index is 12.7. The van der Waals surface area contributed by atoms with E-state index < -0.39 is 10.0 Å². The van der Waals surface area contributed by atoms with E-state index in [9.17, 15) is 13.2 Å². The van der Waals surface area contributed by atoms with E-state index in [1.54, 1.807) is 11.9 Å². The number of halogens is 2. The van der Waals surface area contributed by atoms with E-state index in [4.69, 9.17) is 23.2 Å². The number of piperazine rings is 1. The molecule has 1 heterocycles. The van der Waals surface area contributed by atoms with Crippen LogP contribution in [-0.4, -0.2) is 69.3 Å². The third-order valence-corrected chi connectivity index (χ3v) is 7.16. The van der Waals surface area contributed by atoms with Crippen molar-refractivity contribution in [1.82, 2.24) is 9.21 Å². The number of hydrogen-bond donors (Lipinski definition) is 1. The highest BCUT2D eigenvalue weighted by atomic mass is 35.5. The molecule has 25 heavy (non-hydrogen) atoms. The van der Waals surface area contributed by atoms with Gasteiger partial charge in [-0.3, -0.25) is 4.79 Å². The molecule has 1 saturated heterocycles. The number of nitrogens with zero attached hydrogens (tertiary/aromatic N) is 2. The van der Waals surface area contributed by atoms with Crippen molar-refractivity contribution in [3.8, 4) is 0 Å². The van der Waals surface area contributed by atoms with E-state index in [2.05, 4.69) is 0 Å². The van der Waals surface area contributed by atoms with Crippen LogP contribution in [-0.2, 0) is 14.8 Å². The van der Waals surface area contributed by atoms with Gasteiger partial charge in [0.15, 0.2) is 6.54 Å². The Morgan fingerprint density at radius 2 is 1.84 bits per heavy atom. The van der Waals surface area contributed by atoms with Gasteiger partial charge in [-0.05, 0) is 32.0 Å². The fraction of sp³-hybridized carbons (Fsp3) is 0.562. The van der Waals surface area contributed by atoms with Crippen LogP contribution in [0.1, 0.15) is 13.8 Å². The van der Waals surface area contributed by atoms with Gasteiger partial charge in [-0.1, -0.05) is 23.2 Å². The molecule has 1 aromatic carbocycles. The van der Waals surface area contributed by atoms with Crippen LogP contribution in [0.2, 0.25) is 10.0 Å². The molecule has 0 radical (unpaired) electrons. The minimum atomic E-state index is -3.60. The van der Waals surface area contributed by atoms with E-state index >= 15 is 0 Å². The van der Waals surface area contributed by atoms with Crippen molar-refractivity contribution in [2.45, 2.75) is 24.8 Å². The first-order valence-electron chi connectivity index (χ1n) is 8.17. The molecule has 0 bridgehead atoms. The van der Waals surface area contributed by atoms with Gasteiger partial charge in [0.2, 0.25) is 10.0 Å². The highest BCUT2D eigenvalue weighted by molar-refractivity contribution is 7.89. The average molecular weight is 409 g/mol. The van der Waals surface area contributed by atoms with Crippen LogP contribution in [0, 0.1) is 0 Å². The number of nitrogens with one attached hydrogen (secondary N) is 1. The number of hydrogen-bond acceptors (Lipinski definition) is 3. The van der Waals surface area contributed by atoms with Gasteiger partial charge < -0.3 is 9.80 Å². The Kier molecular flexibility index (Phi) is 6.73. The molecule has 0 aliphatic carbocycles. The van der Waals surface area contributed by atoms with Gasteiger partial charge in [0, 0.05) is 13.1 Å². The first kappa shape index (κ1) is 20.5. The Morgan fingerprint density at radius 3 is 2.36 bits per heavy atom. The Labute approximate surface area is 159 Å². The van der Waals surface area contributed by atoms with E-state index in [1.807, 2.05) is 13.8 Å². The maximum Gasteiger partial charge on any atom is 0.277 e. The zero-order valence-electron chi connectivity index (χ0n) is 14.6. The minimum absolute atomic E-state index is 0.0748. The number of quaternary nitrogens is 1. The molecular formula is C16H24Cl2N3O3S+. The monoisotopic (exact) mass is 408 g/mol. The first-order chi connectivity index (χ1) is 11.6. The predicted octanol–water partition coefficient (Wildman–Crippen LogP) is 0.749. The molecule has 1 amide bonds. The van der Waals surface area contributed by atoms with Gasteiger partial charge in [-0.2, -0.15) is 4.31 Å². The summed E-state index contributed by atoms with van der Waals surface area (Å²) in [6, 6.07) is 4.48. The summed E-state index contributed by atoms with van der Waals surface area (Å²) in [7, 11) is -1.81. The summed E-state index contributed by atoms with van der Waals surface area (Å²) in [4.78, 5) is 15.1. The molecule has 1 aliphatic rings. The molecule has 0 spiro atoms. The SMILES string of the molecule is CC(C)N(C)C(=O)C[NH+]1CCN(S(=O)(=O)c2ccc(Cl)c(Cl)c2)CC1. The summed E-state index contributed by atoms with van der Waals surface area (Å²) in [5, 5.41) is 0.539. The third-order valence-electron chi connectivity index (χ3n) is 4.53. The summed E-state index contributed by atoms with van der Waals surface area (Å²) < 4.78 is 26.9. The lowest BCUT2D eigenvalue weighted by atomic mass is 10.3. The molecule has 1 aromatic rings. The van der Waals surface area contributed by atoms with Crippen molar-refractivity contribution in [2.24, 2.45) is 0 Å². The zero-order valence-corrected chi connectivity index (χ0v) is 17.0. The van der Waals surface area contributed by atoms with Gasteiger partial charge in [-0.25, -0.2) is 8.42 Å². The maximum absolute atomic E-state index is 12.7. The largest absolute Gasteiger partial charge is 0.338 e. The molecule has 9 heteroatoms. The Bertz CT molecular complexity index is 732. The van der Waals surface area contributed by atoms with Crippen LogP contribution in [0.4, 0.5) is 0 Å². The van der Waals surface area contributed by atoms with Gasteiger partial charge in [-0.15, -0.1) is 0 Å². The van der Waals surface area contributed by atoms with Gasteiger partial charge in [0.1, 0.15) is 0 Å². The molecular weight excluding hydrogens is 385 g/mol. The van der Waals surface area contributed by atoms with Crippen LogP contribution >= 0.6 is 23.2 Å². The standard InChI is InChI=1S/C16H23Cl2N3O3S/c1-12(2)19(3)16(22)11-20-6-8-21(9-7-20)25(23,24)13-4-5-14(17)15(18)10-13/h4-5,10,12H,6-9,11H2,1-3H3/p+1. The number of benzene rings is 1. The lowest BCUT2D eigenvalue weighted by Crippen LogP contribution is -3.15. The molecule has 0 saturated carbocycles. The quantitative estimate of drug-likeness (QED) is 0.781. The fourth-order valence-electron chi connectivity index (χ4n) is 2.63. The second-order valence-electron chi connectivity index (χ2n) is 6.51. The molecule has 1 aliphatic heterocycles. The Morgan fingerprint density at radius 1 is 1.24 bits per heavy atom. The van der Waals surface area contributed by atoms with Crippen LogP contribution in [0.25, 0.3) is 0 Å². The Hall–Kier alpha value is -0.860. The molecule has 0 aromatic heterocycles. The molecule has 140 valence electrons. The topological polar surface area (TPSA) is 62.1 Å². The predicted molar refractivity (Wildman–Crippen MR) is 98.7 cm³/mol. The third kappa shape index (κ3) is 4.86. The molecule has 2 rings (SSSR count). The van der Waals surface area contributed by atoms with E-state index in [0.29, 0.717) is 37.7 Å². The lowest BCUT2D eigenvalue weighted by Gasteiger charge is -2.32. The van der Waals surface area contributed by atoms with E-state index in [-0.39, 0.29) is 21.9 Å². The summed E-state index contributed by atoms with van der Waals surface area (Å²) in [5.74, 6) is 0.0748. The number of carbonyl (C=O) groups is 1. The minimum Gasteiger partial charge on any atom is -0.338 e. The number of likely N-dealkylation sites (N-methyl/N-ethyl adjacent to an activating group) is 1. The highest BCUT2D eigenvalue weighted by Crippen LogP contribution is 2.26. The van der Waals surface area contributed by atoms with Gasteiger partial charge in [0.25, 0.3) is 5.91 Å². The van der Waals surface area contributed by atoms with Crippen LogP contribution in [0.15, 0.2) is 23.1 Å². The Balaban J connectivity index is 1.99. The molecule has 1 N–H and O–H groups in total. The molecule has 0 atom stereocenters. The number of rotatable bonds is 5. The lowest BCUT2D eigenvalue weighted by molar-refractivity contribution is -0.896. The zero-order chi connectivity index (χ0) is 18.8. The van der Waals surface area contributed by atoms with Crippen molar-refractivity contribution >= 4 is 39.1 Å². The van der Waals surface area contributed by atoms with Crippen molar-refractivity contribution < 1.29 is 18.1 Å². The van der Waals surface area contributed by atoms with Gasteiger partial charge in [0.05, 0.1) is 41.1 Å². The molecule has 6 nitrogen and oxygen atoms in total. The summed E-state index contributed by atoms with van der Waals surface area (Å²) in [5.41, 5.74) is 0. The van der Waals surface area contributed by atoms with Crippen LogP contribution < -0.4 is 4.90 Å². The summed E-state index contributed by atoms with van der Waals surface area (Å²) >= 11 is 11.8. The highest BCUT2D eigenvalue weighted by Gasteiger charge is 2.32. The summed E-state index contributed by atoms with van der Waals surface area (Å²) in [6.07, 6.45) is 0. The first-order valence-corrected chi connectivity index (χ1v) is 10.4. The number of amides is 1. The van der Waals surface area contributed by atoms with Crippen molar-refractivity contribution in [1.29, 1.82) is 0 Å². The van der Waals surface area contributed by atoms with Crippen molar-refractivity contribution in [3.63, 3.8) is 0 Å². The van der Waals surface area contributed by atoms with E-state index in [1.165, 1.54) is 22.5 Å². The number of sulfonamides is 1. The normalized spacial score (nSPS) is 17.0. The second-order valence-corrected chi connectivity index (χ2v) is 9.26. The van der Waals surface area contributed by atoms with Crippen LogP contribution in [0.3, 0.4) is 0 Å². The number of carbonyl (C=O) groups excluding carboxylic acids is 1. The van der Waals surface area contributed by atoms with Gasteiger partial charge >= 0.3 is 0 Å².